The molecule has 0 unspecified atom stereocenters. The Morgan fingerprint density at radius 2 is 1.68 bits per heavy atom. The summed E-state index contributed by atoms with van der Waals surface area (Å²) in [5.74, 6) is 0.552. The average Bonchev–Trinajstić information content (AvgIpc) is 2.41. The quantitative estimate of drug-likeness (QED) is 0.847. The first-order valence-electron chi connectivity index (χ1n) is 7.48. The summed E-state index contributed by atoms with van der Waals surface area (Å²) < 4.78 is 5.39. The van der Waals surface area contributed by atoms with E-state index >= 15 is 0 Å². The lowest BCUT2D eigenvalue weighted by Gasteiger charge is -2.20. The molecule has 122 valence electrons. The van der Waals surface area contributed by atoms with E-state index in [1.807, 2.05) is 45.0 Å². The van der Waals surface area contributed by atoms with Crippen LogP contribution >= 0.6 is 0 Å². The van der Waals surface area contributed by atoms with Crippen LogP contribution in [0.2, 0.25) is 0 Å². The van der Waals surface area contributed by atoms with Crippen molar-refractivity contribution < 1.29 is 14.3 Å². The van der Waals surface area contributed by atoms with Crippen molar-refractivity contribution in [3.8, 4) is 5.75 Å². The largest absolute Gasteiger partial charge is 0.484 e. The zero-order valence-electron chi connectivity index (χ0n) is 14.0. The third-order valence-electron chi connectivity index (χ3n) is 2.88. The van der Waals surface area contributed by atoms with Gasteiger partial charge < -0.3 is 15.4 Å². The molecule has 0 aliphatic heterocycles. The zero-order chi connectivity index (χ0) is 16.8. The number of hydrogen-bond acceptors (Lipinski definition) is 3. The van der Waals surface area contributed by atoms with Crippen molar-refractivity contribution in [2.45, 2.75) is 46.1 Å². The molecule has 0 atom stereocenters. The minimum atomic E-state index is -0.322. The predicted octanol–water partition coefficient (Wildman–Crippen LogP) is 2.22. The van der Waals surface area contributed by atoms with Crippen molar-refractivity contribution in [2.24, 2.45) is 0 Å². The summed E-state index contributed by atoms with van der Waals surface area (Å²) in [6, 6.07) is 7.65. The molecule has 0 aliphatic rings. The summed E-state index contributed by atoms with van der Waals surface area (Å²) in [5.41, 5.74) is 0.909. The molecule has 1 rings (SSSR count). The Balaban J connectivity index is 2.32. The number of carbonyl (C=O) groups excluding carboxylic acids is 2. The molecule has 2 amide bonds. The zero-order valence-corrected chi connectivity index (χ0v) is 14.0. The maximum atomic E-state index is 11.6. The average molecular weight is 306 g/mol. The highest BCUT2D eigenvalue weighted by Gasteiger charge is 2.14. The molecule has 0 spiro atoms. The van der Waals surface area contributed by atoms with Gasteiger partial charge in [0.05, 0.1) is 6.54 Å². The number of ether oxygens (including phenoxy) is 1. The van der Waals surface area contributed by atoms with Crippen molar-refractivity contribution in [3.05, 3.63) is 29.8 Å². The van der Waals surface area contributed by atoms with Crippen LogP contribution < -0.4 is 15.4 Å². The number of hydrogen-bond donors (Lipinski definition) is 2. The standard InChI is InChI=1S/C17H26N2O3/c1-12(2)13-6-8-14(9-7-13)22-11-16(21)18-10-15(20)19-17(3,4)5/h6-9,12H,10-11H2,1-5H3,(H,18,21)(H,19,20). The number of nitrogens with one attached hydrogen (secondary N) is 2. The van der Waals surface area contributed by atoms with Gasteiger partial charge in [-0.3, -0.25) is 9.59 Å². The number of amides is 2. The third-order valence-corrected chi connectivity index (χ3v) is 2.88. The van der Waals surface area contributed by atoms with E-state index < -0.39 is 0 Å². The lowest BCUT2D eigenvalue weighted by molar-refractivity contribution is -0.127. The molecule has 0 radical (unpaired) electrons. The van der Waals surface area contributed by atoms with Crippen LogP contribution in [0.1, 0.15) is 46.1 Å². The maximum absolute atomic E-state index is 11.6. The van der Waals surface area contributed by atoms with Crippen LogP contribution in [-0.2, 0) is 9.59 Å². The molecule has 0 aliphatic carbocycles. The molecule has 1 aromatic rings. The number of rotatable bonds is 6. The van der Waals surface area contributed by atoms with E-state index in [2.05, 4.69) is 24.5 Å². The van der Waals surface area contributed by atoms with Gasteiger partial charge in [-0.1, -0.05) is 26.0 Å². The molecule has 2 N–H and O–H groups in total. The molecule has 0 heterocycles. The summed E-state index contributed by atoms with van der Waals surface area (Å²) in [7, 11) is 0. The van der Waals surface area contributed by atoms with Crippen molar-refractivity contribution in [3.63, 3.8) is 0 Å². The van der Waals surface area contributed by atoms with Crippen LogP contribution in [0.3, 0.4) is 0 Å². The molecule has 5 heteroatoms. The number of carbonyl (C=O) groups is 2. The van der Waals surface area contributed by atoms with Gasteiger partial charge in [-0.25, -0.2) is 0 Å². The van der Waals surface area contributed by atoms with Gasteiger partial charge >= 0.3 is 0 Å². The first-order chi connectivity index (χ1) is 10.2. The van der Waals surface area contributed by atoms with E-state index in [0.29, 0.717) is 11.7 Å². The van der Waals surface area contributed by atoms with Crippen LogP contribution in [0, 0.1) is 0 Å². The van der Waals surface area contributed by atoms with Crippen molar-refractivity contribution >= 4 is 11.8 Å². The highest BCUT2D eigenvalue weighted by molar-refractivity contribution is 5.85. The molecule has 22 heavy (non-hydrogen) atoms. The minimum absolute atomic E-state index is 0.0499. The van der Waals surface area contributed by atoms with Gasteiger partial charge in [0, 0.05) is 5.54 Å². The van der Waals surface area contributed by atoms with Gasteiger partial charge in [-0.2, -0.15) is 0 Å². The molecule has 0 saturated heterocycles. The van der Waals surface area contributed by atoms with Gasteiger partial charge in [0.15, 0.2) is 6.61 Å². The van der Waals surface area contributed by atoms with E-state index in [1.165, 1.54) is 5.56 Å². The second-order valence-electron chi connectivity index (χ2n) is 6.59. The Morgan fingerprint density at radius 1 is 1.09 bits per heavy atom. The van der Waals surface area contributed by atoms with Gasteiger partial charge in [0.25, 0.3) is 5.91 Å². The van der Waals surface area contributed by atoms with Crippen molar-refractivity contribution in [2.75, 3.05) is 13.2 Å². The van der Waals surface area contributed by atoms with Crippen LogP contribution in [0.5, 0.6) is 5.75 Å². The normalized spacial score (nSPS) is 11.2. The summed E-state index contributed by atoms with van der Waals surface area (Å²) in [6.07, 6.45) is 0. The Morgan fingerprint density at radius 3 is 2.18 bits per heavy atom. The van der Waals surface area contributed by atoms with Crippen molar-refractivity contribution in [1.82, 2.24) is 10.6 Å². The SMILES string of the molecule is CC(C)c1ccc(OCC(=O)NCC(=O)NC(C)(C)C)cc1. The molecule has 0 fully saturated rings. The molecular weight excluding hydrogens is 280 g/mol. The van der Waals surface area contributed by atoms with E-state index in [1.54, 1.807) is 0 Å². The van der Waals surface area contributed by atoms with Crippen LogP contribution in [0.4, 0.5) is 0 Å². The van der Waals surface area contributed by atoms with Crippen LogP contribution in [0.25, 0.3) is 0 Å². The first-order valence-corrected chi connectivity index (χ1v) is 7.48. The second-order valence-corrected chi connectivity index (χ2v) is 6.59. The highest BCUT2D eigenvalue weighted by atomic mass is 16.5. The van der Waals surface area contributed by atoms with Gasteiger partial charge in [-0.05, 0) is 44.4 Å². The van der Waals surface area contributed by atoms with Gasteiger partial charge in [0.1, 0.15) is 5.75 Å². The molecule has 0 bridgehead atoms. The summed E-state index contributed by atoms with van der Waals surface area (Å²) in [6.45, 7) is 9.73. The molecule has 0 saturated carbocycles. The second kappa shape index (κ2) is 7.82. The topological polar surface area (TPSA) is 67.4 Å². The molecule has 0 aromatic heterocycles. The molecular formula is C17H26N2O3. The first kappa shape index (κ1) is 18.0. The van der Waals surface area contributed by atoms with E-state index in [9.17, 15) is 9.59 Å². The molecule has 1 aromatic carbocycles. The fourth-order valence-corrected chi connectivity index (χ4v) is 1.79. The Kier molecular flexibility index (Phi) is 6.40. The maximum Gasteiger partial charge on any atom is 0.258 e. The van der Waals surface area contributed by atoms with Gasteiger partial charge in [0.2, 0.25) is 5.91 Å². The Bertz CT molecular complexity index is 502. The predicted molar refractivity (Wildman–Crippen MR) is 86.9 cm³/mol. The van der Waals surface area contributed by atoms with Crippen molar-refractivity contribution in [1.29, 1.82) is 0 Å². The van der Waals surface area contributed by atoms with Crippen LogP contribution in [0.15, 0.2) is 24.3 Å². The fraction of sp³-hybridized carbons (Fsp3) is 0.529. The Hall–Kier alpha value is -2.04. The lowest BCUT2D eigenvalue weighted by Crippen LogP contribution is -2.46. The monoisotopic (exact) mass is 306 g/mol. The smallest absolute Gasteiger partial charge is 0.258 e. The highest BCUT2D eigenvalue weighted by Crippen LogP contribution is 2.18. The van der Waals surface area contributed by atoms with Gasteiger partial charge in [-0.15, -0.1) is 0 Å². The van der Waals surface area contributed by atoms with Crippen LogP contribution in [-0.4, -0.2) is 30.5 Å². The number of benzene rings is 1. The van der Waals surface area contributed by atoms with E-state index in [4.69, 9.17) is 4.74 Å². The minimum Gasteiger partial charge on any atom is -0.484 e. The molecule has 5 nitrogen and oxygen atoms in total. The summed E-state index contributed by atoms with van der Waals surface area (Å²) in [4.78, 5) is 23.2. The van der Waals surface area contributed by atoms with E-state index in [0.717, 1.165) is 0 Å². The Labute approximate surface area is 132 Å². The third kappa shape index (κ3) is 7.11. The van der Waals surface area contributed by atoms with E-state index in [-0.39, 0.29) is 30.5 Å². The summed E-state index contributed by atoms with van der Waals surface area (Å²) in [5, 5.41) is 5.30. The fourth-order valence-electron chi connectivity index (χ4n) is 1.79. The summed E-state index contributed by atoms with van der Waals surface area (Å²) >= 11 is 0. The lowest BCUT2D eigenvalue weighted by atomic mass is 10.0.